The lowest BCUT2D eigenvalue weighted by atomic mass is 10.1. The molecule has 1 atom stereocenters. The third-order valence-electron chi connectivity index (χ3n) is 5.98. The van der Waals surface area contributed by atoms with Crippen LogP contribution in [0.3, 0.4) is 0 Å². The van der Waals surface area contributed by atoms with Crippen molar-refractivity contribution in [3.63, 3.8) is 0 Å². The quantitative estimate of drug-likeness (QED) is 0.348. The smallest absolute Gasteiger partial charge is 0.227 e. The van der Waals surface area contributed by atoms with Crippen molar-refractivity contribution in [2.45, 2.75) is 25.8 Å². The van der Waals surface area contributed by atoms with E-state index in [1.165, 1.54) is 0 Å². The van der Waals surface area contributed by atoms with E-state index in [2.05, 4.69) is 26.6 Å². The Bertz CT molecular complexity index is 1280. The molecule has 5 nitrogen and oxygen atoms in total. The predicted molar refractivity (Wildman–Crippen MR) is 130 cm³/mol. The molecule has 0 aliphatic carbocycles. The molecule has 32 heavy (non-hydrogen) atoms. The molecule has 0 radical (unpaired) electrons. The number of ether oxygens (including phenoxy) is 1. The number of aryl methyl sites for hydroxylation is 1. The molecule has 1 aliphatic rings. The summed E-state index contributed by atoms with van der Waals surface area (Å²) in [5.74, 6) is 1.99. The second-order valence-electron chi connectivity index (χ2n) is 8.08. The fourth-order valence-corrected chi connectivity index (χ4v) is 4.89. The van der Waals surface area contributed by atoms with Crippen LogP contribution in [0.1, 0.15) is 23.7 Å². The number of fused-ring (bicyclic) bond motifs is 1. The highest BCUT2D eigenvalue weighted by molar-refractivity contribution is 9.10. The summed E-state index contributed by atoms with van der Waals surface area (Å²) in [4.78, 5) is 19.7. The van der Waals surface area contributed by atoms with Gasteiger partial charge in [-0.1, -0.05) is 42.5 Å². The molecule has 0 saturated carbocycles. The van der Waals surface area contributed by atoms with Gasteiger partial charge in [0.15, 0.2) is 0 Å². The average molecular weight is 490 g/mol. The number of carbonyl (C=O) groups excluding carboxylic acids is 1. The maximum absolute atomic E-state index is 12.9. The van der Waals surface area contributed by atoms with Gasteiger partial charge in [0.1, 0.15) is 18.2 Å². The van der Waals surface area contributed by atoms with Crippen molar-refractivity contribution in [3.05, 3.63) is 88.7 Å². The van der Waals surface area contributed by atoms with E-state index in [0.29, 0.717) is 26.1 Å². The van der Waals surface area contributed by atoms with Crippen LogP contribution >= 0.6 is 15.9 Å². The topological polar surface area (TPSA) is 47.4 Å². The molecule has 5 rings (SSSR count). The van der Waals surface area contributed by atoms with Gasteiger partial charge in [0.2, 0.25) is 5.91 Å². The molecule has 1 aromatic heterocycles. The number of amides is 1. The highest BCUT2D eigenvalue weighted by atomic mass is 79.9. The zero-order chi connectivity index (χ0) is 22.1. The maximum Gasteiger partial charge on any atom is 0.227 e. The Morgan fingerprint density at radius 1 is 1.03 bits per heavy atom. The largest absolute Gasteiger partial charge is 0.491 e. The van der Waals surface area contributed by atoms with Gasteiger partial charge in [0.25, 0.3) is 0 Å². The molecule has 0 unspecified atom stereocenters. The molecule has 0 bridgehead atoms. The van der Waals surface area contributed by atoms with Crippen LogP contribution in [0.25, 0.3) is 11.0 Å². The van der Waals surface area contributed by atoms with E-state index in [1.54, 1.807) is 0 Å². The predicted octanol–water partition coefficient (Wildman–Crippen LogP) is 5.71. The van der Waals surface area contributed by atoms with E-state index in [0.717, 1.165) is 38.3 Å². The number of halogens is 1. The maximum atomic E-state index is 12.9. The summed E-state index contributed by atoms with van der Waals surface area (Å²) in [7, 11) is 0. The molecular formula is C26H24BrN3O2. The third kappa shape index (κ3) is 3.91. The number of hydrogen-bond donors (Lipinski definition) is 0. The minimum absolute atomic E-state index is 0.0282. The number of hydrogen-bond acceptors (Lipinski definition) is 3. The lowest BCUT2D eigenvalue weighted by molar-refractivity contribution is -0.117. The number of nitrogens with zero attached hydrogens (tertiary/aromatic N) is 3. The minimum atomic E-state index is 0.0282. The Balaban J connectivity index is 1.42. The standard InChI is InChI=1S/C26H24BrN3O2/c1-18-8-2-7-13-24(18)32-15-14-29-23-12-6-4-10-21(23)28-26(29)19-16-25(31)30(17-19)22-11-5-3-9-20(22)27/h2-13,19H,14-17H2,1H3/t19-/m0/s1. The van der Waals surface area contributed by atoms with Crippen molar-refractivity contribution in [2.75, 3.05) is 18.1 Å². The van der Waals surface area contributed by atoms with Crippen LogP contribution in [-0.2, 0) is 11.3 Å². The van der Waals surface area contributed by atoms with E-state index in [-0.39, 0.29) is 11.8 Å². The molecule has 0 N–H and O–H groups in total. The number of rotatable bonds is 6. The van der Waals surface area contributed by atoms with Crippen molar-refractivity contribution in [2.24, 2.45) is 0 Å². The van der Waals surface area contributed by atoms with E-state index in [4.69, 9.17) is 9.72 Å². The molecule has 2 heterocycles. The van der Waals surface area contributed by atoms with Gasteiger partial charge in [-0.25, -0.2) is 4.98 Å². The monoisotopic (exact) mass is 489 g/mol. The average Bonchev–Trinajstić information content (AvgIpc) is 3.36. The second kappa shape index (κ2) is 8.79. The van der Waals surface area contributed by atoms with Gasteiger partial charge in [-0.05, 0) is 58.7 Å². The Labute approximate surface area is 195 Å². The van der Waals surface area contributed by atoms with Crippen LogP contribution in [0.4, 0.5) is 5.69 Å². The molecule has 3 aromatic carbocycles. The highest BCUT2D eigenvalue weighted by Crippen LogP contribution is 2.36. The van der Waals surface area contributed by atoms with Gasteiger partial charge in [-0.15, -0.1) is 0 Å². The molecule has 1 amide bonds. The summed E-state index contributed by atoms with van der Waals surface area (Å²) in [6.07, 6.45) is 0.448. The zero-order valence-corrected chi connectivity index (χ0v) is 19.5. The second-order valence-corrected chi connectivity index (χ2v) is 8.94. The summed E-state index contributed by atoms with van der Waals surface area (Å²) in [6, 6.07) is 24.0. The normalized spacial score (nSPS) is 16.1. The Hall–Kier alpha value is -3.12. The summed E-state index contributed by atoms with van der Waals surface area (Å²) < 4.78 is 9.21. The van der Waals surface area contributed by atoms with Gasteiger partial charge in [-0.2, -0.15) is 0 Å². The van der Waals surface area contributed by atoms with Crippen molar-refractivity contribution in [3.8, 4) is 5.75 Å². The number of benzene rings is 3. The summed E-state index contributed by atoms with van der Waals surface area (Å²) in [5.41, 5.74) is 4.05. The zero-order valence-electron chi connectivity index (χ0n) is 17.9. The van der Waals surface area contributed by atoms with E-state index in [1.807, 2.05) is 78.6 Å². The van der Waals surface area contributed by atoms with Gasteiger partial charge in [-0.3, -0.25) is 4.79 Å². The van der Waals surface area contributed by atoms with Crippen LogP contribution < -0.4 is 9.64 Å². The van der Waals surface area contributed by atoms with Gasteiger partial charge in [0.05, 0.1) is 23.3 Å². The number of imidazole rings is 1. The van der Waals surface area contributed by atoms with Crippen LogP contribution in [0.5, 0.6) is 5.75 Å². The molecule has 162 valence electrons. The molecule has 1 fully saturated rings. The van der Waals surface area contributed by atoms with E-state index in [9.17, 15) is 4.79 Å². The Morgan fingerprint density at radius 3 is 2.62 bits per heavy atom. The number of carbonyl (C=O) groups is 1. The summed E-state index contributed by atoms with van der Waals surface area (Å²) in [6.45, 7) is 3.87. The molecule has 1 aliphatic heterocycles. The van der Waals surface area contributed by atoms with Gasteiger partial charge >= 0.3 is 0 Å². The fraction of sp³-hybridized carbons (Fsp3) is 0.231. The first-order valence-electron chi connectivity index (χ1n) is 10.8. The first-order valence-corrected chi connectivity index (χ1v) is 11.6. The van der Waals surface area contributed by atoms with Gasteiger partial charge in [0, 0.05) is 23.4 Å². The van der Waals surface area contributed by atoms with Crippen molar-refractivity contribution < 1.29 is 9.53 Å². The number of anilines is 1. The van der Waals surface area contributed by atoms with Crippen molar-refractivity contribution in [1.82, 2.24) is 9.55 Å². The third-order valence-corrected chi connectivity index (χ3v) is 6.65. The van der Waals surface area contributed by atoms with Crippen LogP contribution in [0.2, 0.25) is 0 Å². The van der Waals surface area contributed by atoms with Crippen molar-refractivity contribution >= 4 is 38.6 Å². The van der Waals surface area contributed by atoms with Crippen LogP contribution in [0, 0.1) is 6.92 Å². The van der Waals surface area contributed by atoms with E-state index < -0.39 is 0 Å². The van der Waals surface area contributed by atoms with Gasteiger partial charge < -0.3 is 14.2 Å². The summed E-state index contributed by atoms with van der Waals surface area (Å²) in [5, 5.41) is 0. The number of para-hydroxylation sites is 4. The first kappa shape index (κ1) is 20.8. The molecule has 6 heteroatoms. The lowest BCUT2D eigenvalue weighted by Gasteiger charge is -2.19. The minimum Gasteiger partial charge on any atom is -0.491 e. The molecular weight excluding hydrogens is 466 g/mol. The van der Waals surface area contributed by atoms with E-state index >= 15 is 0 Å². The van der Waals surface area contributed by atoms with Crippen molar-refractivity contribution in [1.29, 1.82) is 0 Å². The van der Waals surface area contributed by atoms with Crippen LogP contribution in [0.15, 0.2) is 77.3 Å². The first-order chi connectivity index (χ1) is 15.6. The van der Waals surface area contributed by atoms with Crippen LogP contribution in [-0.4, -0.2) is 28.6 Å². The summed E-state index contributed by atoms with van der Waals surface area (Å²) >= 11 is 3.58. The fourth-order valence-electron chi connectivity index (χ4n) is 4.39. The SMILES string of the molecule is Cc1ccccc1OCCn1c([C@H]2CC(=O)N(c3ccccc3Br)C2)nc2ccccc21. The number of aromatic nitrogens is 2. The highest BCUT2D eigenvalue weighted by Gasteiger charge is 2.35. The Morgan fingerprint density at radius 2 is 1.78 bits per heavy atom. The lowest BCUT2D eigenvalue weighted by Crippen LogP contribution is -2.25. The Kier molecular flexibility index (Phi) is 5.70. The molecule has 4 aromatic rings. The molecule has 1 saturated heterocycles. The molecule has 0 spiro atoms.